The van der Waals surface area contributed by atoms with Crippen molar-refractivity contribution in [1.29, 1.82) is 10.5 Å². The van der Waals surface area contributed by atoms with Crippen LogP contribution in [0.5, 0.6) is 0 Å². The number of ether oxygens (including phenoxy) is 4. The highest BCUT2D eigenvalue weighted by Crippen LogP contribution is 2.39. The smallest absolute Gasteiger partial charge is 0.398 e. The normalized spacial score (nSPS) is 15.0. The molecule has 0 amide bonds. The lowest BCUT2D eigenvalue weighted by Gasteiger charge is -2.48. The Morgan fingerprint density at radius 1 is 0.486 bits per heavy atom. The summed E-state index contributed by atoms with van der Waals surface area (Å²) in [4.78, 5) is 65.2. The topological polar surface area (TPSA) is 499 Å². The average Bonchev–Trinajstić information content (AvgIpc) is 1.32. The maximum absolute atomic E-state index is 12.3. The molecule has 776 valence electrons. The first-order valence-corrected chi connectivity index (χ1v) is 68.1. The summed E-state index contributed by atoms with van der Waals surface area (Å²) < 4.78 is 147. The van der Waals surface area contributed by atoms with E-state index in [1.165, 1.54) is 105 Å². The van der Waals surface area contributed by atoms with Crippen molar-refractivity contribution in [3.8, 4) is 46.3 Å². The van der Waals surface area contributed by atoms with Crippen molar-refractivity contribution in [3.63, 3.8) is 0 Å². The molecule has 17 heterocycles. The Kier molecular flexibility index (Phi) is 38.0. The summed E-state index contributed by atoms with van der Waals surface area (Å²) in [6.07, 6.45) is 30.9. The molecular formula is C90H130BCl2N29O14S4Si4. The van der Waals surface area contributed by atoms with Crippen molar-refractivity contribution in [1.82, 2.24) is 128 Å². The molecule has 14 aromatic rings. The van der Waals surface area contributed by atoms with Gasteiger partial charge in [-0.3, -0.25) is 0 Å². The molecule has 2 N–H and O–H groups in total. The minimum atomic E-state index is -3.62. The van der Waals surface area contributed by atoms with Crippen LogP contribution in [0.1, 0.15) is 48.0 Å². The third kappa shape index (κ3) is 29.5. The van der Waals surface area contributed by atoms with Crippen LogP contribution in [0.25, 0.3) is 89.3 Å². The molecule has 0 spiro atoms. The molecular weight excluding hydrogens is 2030 g/mol. The van der Waals surface area contributed by atoms with Gasteiger partial charge >= 0.3 is 27.5 Å². The van der Waals surface area contributed by atoms with E-state index < -0.39 is 96.6 Å². The lowest BCUT2D eigenvalue weighted by atomic mass is 9.86. The van der Waals surface area contributed by atoms with Crippen molar-refractivity contribution >= 4 is 164 Å². The van der Waals surface area contributed by atoms with Crippen LogP contribution >= 0.6 is 23.2 Å². The van der Waals surface area contributed by atoms with Gasteiger partial charge in [-0.15, -0.1) is 0 Å². The van der Waals surface area contributed by atoms with Gasteiger partial charge in [-0.2, -0.15) is 44.6 Å². The van der Waals surface area contributed by atoms with E-state index in [0.717, 1.165) is 127 Å². The third-order valence-corrected chi connectivity index (χ3v) is 38.0. The minimum Gasteiger partial charge on any atom is -0.398 e. The number of rotatable bonds is 34. The number of aromatic nitrogens is 23. The molecule has 14 aromatic heterocycles. The fraction of sp³-hybridized carbons (Fsp3) is 0.489. The van der Waals surface area contributed by atoms with Gasteiger partial charge in [-0.1, -0.05) is 102 Å². The predicted octanol–water partition coefficient (Wildman–Crippen LogP) is 13.2. The Hall–Kier alpha value is -10.4. The van der Waals surface area contributed by atoms with Gasteiger partial charge in [0.2, 0.25) is 20.0 Å². The molecule has 54 heteroatoms. The Labute approximate surface area is 855 Å². The number of nitriles is 2. The number of aromatic amines is 2. The highest BCUT2D eigenvalue weighted by molar-refractivity contribution is 7.89. The maximum Gasteiger partial charge on any atom is 0.516 e. The van der Waals surface area contributed by atoms with E-state index in [1.54, 1.807) is 45.2 Å². The van der Waals surface area contributed by atoms with E-state index in [4.69, 9.17) is 56.7 Å². The molecule has 3 saturated heterocycles. The third-order valence-electron chi connectivity index (χ3n) is 23.7. The van der Waals surface area contributed by atoms with Gasteiger partial charge in [0.15, 0.2) is 0 Å². The molecule has 0 aliphatic carbocycles. The van der Waals surface area contributed by atoms with E-state index in [0.29, 0.717) is 78.7 Å². The fourth-order valence-electron chi connectivity index (χ4n) is 14.1. The highest BCUT2D eigenvalue weighted by atomic mass is 35.5. The standard InChI is InChI=1S/C22H31N7O3SSi.C17H26N6O3SSi.C15H21N5OSi.C12H18ClN3OSi.C11H20BN3O4S.C7H10N2O2S.C6H4ClN3/c1-5-33(30,31)29-13-22(14-29,7-8-23)28-12-19(26-16-28)20-18-6-9-27(21(18)25-15-24-20)17-32-10-11-34(2,3)4;1-21(2)27(24,25)23-10-15(20-12-23)16-14-6-7-22(17(14)19-11-18-16)13-26-8-9-28(3,4)5;1-22(2,3)7-6-21-11-20-5-4-12-14(13-8-16-9-17-13)18-10-19-15(12)20;1-18(2,3)7-6-17-9-16-5-4-10-11(13)14-8-15-12(10)16;1-10(2)11(3,4)19-12(18-10)9-7-15(8-13-9)20(16,17)14(5)6;1-2-12(10,11)9-5-7(6-9)3-4-8;7-5-4-1-2-8-6(4)10-3-9-5/h6,9,12,15-16H,5,7,10-11,13-14,17H2,1-4H3;6-7,10-12H,8-9,13H2,1-5H3;4-5,8-10H,6-7,11H2,1-3H3,(H,16,17);4-5,8H,6-7,9H2,1-3H3;7-8H,1-6H3;3H,2,5-6H2,1H3;1-3H,(H,8,9,10). The first-order chi connectivity index (χ1) is 67.6. The molecule has 3 aliphatic heterocycles. The second-order valence-electron chi connectivity index (χ2n) is 40.6. The second kappa shape index (κ2) is 48.0. The molecule has 3 aliphatic rings. The molecule has 144 heavy (non-hydrogen) atoms. The number of allylic oxidation sites excluding steroid dienone is 1. The van der Waals surface area contributed by atoms with Crippen molar-refractivity contribution in [2.45, 2.75) is 194 Å². The average molecular weight is 2160 g/mol. The van der Waals surface area contributed by atoms with E-state index in [-0.39, 0.29) is 31.0 Å². The molecule has 0 saturated carbocycles. The van der Waals surface area contributed by atoms with E-state index in [2.05, 4.69) is 164 Å². The zero-order valence-electron chi connectivity index (χ0n) is 85.5. The summed E-state index contributed by atoms with van der Waals surface area (Å²) >= 11 is 11.7. The number of fused-ring (bicyclic) bond motifs is 5. The minimum absolute atomic E-state index is 0.0442. The van der Waals surface area contributed by atoms with Crippen molar-refractivity contribution in [2.24, 2.45) is 0 Å². The zero-order valence-corrected chi connectivity index (χ0v) is 94.3. The molecule has 0 radical (unpaired) electrons. The number of imidazole rings is 4. The van der Waals surface area contributed by atoms with Gasteiger partial charge in [-0.25, -0.2) is 94.6 Å². The summed E-state index contributed by atoms with van der Waals surface area (Å²) in [5.41, 5.74) is 7.86. The van der Waals surface area contributed by atoms with Crippen LogP contribution in [-0.2, 0) is 101 Å². The molecule has 43 nitrogen and oxygen atoms in total. The van der Waals surface area contributed by atoms with Gasteiger partial charge < -0.3 is 61.1 Å². The molecule has 0 aromatic carbocycles. The number of hydrogen-bond acceptors (Lipinski definition) is 30. The molecule has 0 unspecified atom stereocenters. The van der Waals surface area contributed by atoms with E-state index in [9.17, 15) is 38.9 Å². The second-order valence-corrected chi connectivity index (χ2v) is 72.4. The van der Waals surface area contributed by atoms with Crippen molar-refractivity contribution in [2.75, 3.05) is 92.3 Å². The van der Waals surface area contributed by atoms with Crippen LogP contribution in [-0.4, -0.2) is 304 Å². The number of halogens is 2. The van der Waals surface area contributed by atoms with Crippen molar-refractivity contribution < 1.29 is 61.9 Å². The number of sulfonamides is 2. The maximum atomic E-state index is 12.3. The first-order valence-electron chi connectivity index (χ1n) is 46.5. The summed E-state index contributed by atoms with van der Waals surface area (Å²) in [6.45, 7) is 45.2. The Balaban J connectivity index is 0.000000165. The lowest BCUT2D eigenvalue weighted by Crippen LogP contribution is -2.63. The van der Waals surface area contributed by atoms with Crippen LogP contribution in [0.4, 0.5) is 0 Å². The van der Waals surface area contributed by atoms with Crippen LogP contribution in [0, 0.1) is 22.7 Å². The predicted molar refractivity (Wildman–Crippen MR) is 568 cm³/mol. The summed E-state index contributed by atoms with van der Waals surface area (Å²) in [6, 6.07) is 18.3. The molecule has 3 fully saturated rings. The lowest BCUT2D eigenvalue weighted by molar-refractivity contribution is 0.00578. The summed E-state index contributed by atoms with van der Waals surface area (Å²) in [5.74, 6) is 0.176. The van der Waals surface area contributed by atoms with Crippen LogP contribution in [0.15, 0.2) is 155 Å². The van der Waals surface area contributed by atoms with Crippen LogP contribution < -0.4 is 5.59 Å². The van der Waals surface area contributed by atoms with Gasteiger partial charge in [-0.05, 0) is 102 Å². The molecule has 0 atom stereocenters. The quantitative estimate of drug-likeness (QED) is 0.0164. The Morgan fingerprint density at radius 2 is 0.882 bits per heavy atom. The number of H-pyrrole nitrogens is 2. The van der Waals surface area contributed by atoms with E-state index in [1.807, 2.05) is 118 Å². The SMILES string of the molecule is CCS(=O)(=O)N1CC(=CC#N)C1.CCS(=O)(=O)N1CC(CC#N)(n2cnc(-c3ncnc4c3ccn4COCC[Si](C)(C)C)c2)C1.CN(C)S(=O)(=O)n1cnc(-c2ncnc3c2ccn3COCC[Si](C)(C)C)c1.CN(C)S(=O)(=O)n1cnc(B2OC(C)(C)C(C)(C)O2)c1.C[Si](C)(C)CCOCn1ccc2c(-c3cnc[nH]3)ncnc21.C[Si](C)(C)CCOCn1ccc2c(Cl)ncnc21.Clc1ncnc2[nH]ccc12. The van der Waals surface area contributed by atoms with Crippen LogP contribution in [0.3, 0.4) is 0 Å². The first kappa shape index (κ1) is 114. The van der Waals surface area contributed by atoms with Crippen molar-refractivity contribution in [3.05, 3.63) is 165 Å². The number of nitrogens with one attached hydrogen (secondary N) is 2. The summed E-state index contributed by atoms with van der Waals surface area (Å²) in [7, 11) is -12.7. The van der Waals surface area contributed by atoms with Crippen LogP contribution in [0.2, 0.25) is 113 Å². The fourth-order valence-corrected chi connectivity index (χ4v) is 21.4. The molecule has 17 rings (SSSR count). The Bertz CT molecular complexity index is 7270. The number of nitrogens with zero attached hydrogens (tertiary/aromatic N) is 27. The number of hydrogen-bond donors (Lipinski definition) is 2. The largest absolute Gasteiger partial charge is 0.516 e. The van der Waals surface area contributed by atoms with Gasteiger partial charge in [0, 0.05) is 179 Å². The zero-order chi connectivity index (χ0) is 105. The summed E-state index contributed by atoms with van der Waals surface area (Å²) in [5, 5.41) is 23.0. The van der Waals surface area contributed by atoms with Gasteiger partial charge in [0.25, 0.3) is 0 Å². The Morgan fingerprint density at radius 3 is 1.31 bits per heavy atom. The molecule has 0 bridgehead atoms. The van der Waals surface area contributed by atoms with E-state index >= 15 is 0 Å². The van der Waals surface area contributed by atoms with Gasteiger partial charge in [0.1, 0.15) is 138 Å². The van der Waals surface area contributed by atoms with Gasteiger partial charge in [0.05, 0.1) is 93.9 Å². The highest BCUT2D eigenvalue weighted by Gasteiger charge is 2.53. The monoisotopic (exact) mass is 2160 g/mol.